The summed E-state index contributed by atoms with van der Waals surface area (Å²) in [6.07, 6.45) is -2.93. The Bertz CT molecular complexity index is 806. The number of hydrogen-bond acceptors (Lipinski definition) is 6. The van der Waals surface area contributed by atoms with Gasteiger partial charge in [-0.3, -0.25) is 0 Å². The normalized spacial score (nSPS) is 11.6. The van der Waals surface area contributed by atoms with Crippen LogP contribution in [0.3, 0.4) is 0 Å². The SMILES string of the molecule is FC(F)(F)COc1cccc(CNc2ncnc3sccc23)n1. The highest BCUT2D eigenvalue weighted by molar-refractivity contribution is 7.16. The van der Waals surface area contributed by atoms with Gasteiger partial charge in [-0.2, -0.15) is 13.2 Å². The van der Waals surface area contributed by atoms with E-state index in [1.807, 2.05) is 11.4 Å². The zero-order valence-electron chi connectivity index (χ0n) is 11.7. The second-order valence-corrected chi connectivity index (χ2v) is 5.48. The molecule has 0 saturated heterocycles. The van der Waals surface area contributed by atoms with Crippen LogP contribution >= 0.6 is 11.3 Å². The molecule has 0 aliphatic heterocycles. The fourth-order valence-electron chi connectivity index (χ4n) is 1.90. The maximum atomic E-state index is 12.2. The third-order valence-corrected chi connectivity index (χ3v) is 3.68. The Hall–Kier alpha value is -2.42. The standard InChI is InChI=1S/C14H11F3N4OS/c15-14(16,17)7-22-11-3-1-2-9(21-11)6-18-12-10-4-5-23-13(10)20-8-19-12/h1-5,8H,6-7H2,(H,18,19,20). The molecule has 3 heterocycles. The van der Waals surface area contributed by atoms with Crippen LogP contribution in [0.4, 0.5) is 19.0 Å². The van der Waals surface area contributed by atoms with Gasteiger partial charge in [0, 0.05) is 6.07 Å². The summed E-state index contributed by atoms with van der Waals surface area (Å²) in [7, 11) is 0. The van der Waals surface area contributed by atoms with Crippen molar-refractivity contribution in [2.24, 2.45) is 0 Å². The molecule has 0 fully saturated rings. The molecule has 0 amide bonds. The number of pyridine rings is 1. The van der Waals surface area contributed by atoms with Crippen molar-refractivity contribution in [3.63, 3.8) is 0 Å². The minimum absolute atomic E-state index is 0.0648. The highest BCUT2D eigenvalue weighted by Crippen LogP contribution is 2.24. The van der Waals surface area contributed by atoms with Crippen molar-refractivity contribution in [3.05, 3.63) is 41.7 Å². The molecule has 0 aliphatic rings. The van der Waals surface area contributed by atoms with Crippen LogP contribution in [-0.2, 0) is 6.54 Å². The number of halogens is 3. The van der Waals surface area contributed by atoms with Crippen molar-refractivity contribution in [1.29, 1.82) is 0 Å². The minimum atomic E-state index is -4.39. The van der Waals surface area contributed by atoms with E-state index >= 15 is 0 Å². The van der Waals surface area contributed by atoms with Crippen LogP contribution in [0.5, 0.6) is 5.88 Å². The Kier molecular flexibility index (Phi) is 4.28. The molecule has 120 valence electrons. The topological polar surface area (TPSA) is 59.9 Å². The van der Waals surface area contributed by atoms with Crippen molar-refractivity contribution in [3.8, 4) is 5.88 Å². The Labute approximate surface area is 133 Å². The number of ether oxygens (including phenoxy) is 1. The van der Waals surface area contributed by atoms with Gasteiger partial charge in [0.2, 0.25) is 5.88 Å². The summed E-state index contributed by atoms with van der Waals surface area (Å²) in [6, 6.07) is 6.57. The van der Waals surface area contributed by atoms with Crippen LogP contribution in [0, 0.1) is 0 Å². The average Bonchev–Trinajstić information content (AvgIpc) is 3.00. The van der Waals surface area contributed by atoms with Crippen LogP contribution in [0.1, 0.15) is 5.69 Å². The fourth-order valence-corrected chi connectivity index (χ4v) is 2.63. The van der Waals surface area contributed by atoms with E-state index in [1.165, 1.54) is 23.7 Å². The van der Waals surface area contributed by atoms with Gasteiger partial charge < -0.3 is 10.1 Å². The number of rotatable bonds is 5. The smallest absolute Gasteiger partial charge is 0.422 e. The molecule has 0 unspecified atom stereocenters. The summed E-state index contributed by atoms with van der Waals surface area (Å²) in [6.45, 7) is -1.05. The molecule has 0 saturated carbocycles. The fraction of sp³-hybridized carbons (Fsp3) is 0.214. The van der Waals surface area contributed by atoms with Crippen LogP contribution in [0.25, 0.3) is 10.2 Å². The lowest BCUT2D eigenvalue weighted by atomic mass is 10.3. The van der Waals surface area contributed by atoms with Crippen molar-refractivity contribution in [2.75, 3.05) is 11.9 Å². The molecule has 0 radical (unpaired) electrons. The van der Waals surface area contributed by atoms with E-state index in [0.717, 1.165) is 10.2 Å². The highest BCUT2D eigenvalue weighted by Gasteiger charge is 2.28. The van der Waals surface area contributed by atoms with E-state index in [4.69, 9.17) is 0 Å². The molecular weight excluding hydrogens is 329 g/mol. The van der Waals surface area contributed by atoms with Gasteiger partial charge in [0.15, 0.2) is 6.61 Å². The lowest BCUT2D eigenvalue weighted by Gasteiger charge is -2.10. The number of nitrogens with zero attached hydrogens (tertiary/aromatic N) is 3. The maximum Gasteiger partial charge on any atom is 0.422 e. The largest absolute Gasteiger partial charge is 0.468 e. The first-order valence-electron chi connectivity index (χ1n) is 6.59. The van der Waals surface area contributed by atoms with Gasteiger partial charge in [-0.15, -0.1) is 11.3 Å². The van der Waals surface area contributed by atoms with E-state index in [0.29, 0.717) is 18.1 Å². The predicted octanol–water partition coefficient (Wildman–Crippen LogP) is 3.64. The minimum Gasteiger partial charge on any atom is -0.468 e. The van der Waals surface area contributed by atoms with E-state index < -0.39 is 12.8 Å². The Morgan fingerprint density at radius 3 is 2.87 bits per heavy atom. The highest BCUT2D eigenvalue weighted by atomic mass is 32.1. The Balaban J connectivity index is 1.67. The molecule has 3 aromatic heterocycles. The lowest BCUT2D eigenvalue weighted by molar-refractivity contribution is -0.154. The third-order valence-electron chi connectivity index (χ3n) is 2.86. The average molecular weight is 340 g/mol. The summed E-state index contributed by atoms with van der Waals surface area (Å²) in [5, 5.41) is 5.91. The van der Waals surface area contributed by atoms with Crippen molar-refractivity contribution >= 4 is 27.4 Å². The Morgan fingerprint density at radius 2 is 2.04 bits per heavy atom. The van der Waals surface area contributed by atoms with E-state index in [2.05, 4.69) is 25.0 Å². The molecule has 0 atom stereocenters. The molecule has 0 aromatic carbocycles. The van der Waals surface area contributed by atoms with Crippen LogP contribution in [0.2, 0.25) is 0 Å². The van der Waals surface area contributed by atoms with Gasteiger partial charge in [0.05, 0.1) is 17.6 Å². The van der Waals surface area contributed by atoms with Gasteiger partial charge >= 0.3 is 6.18 Å². The number of anilines is 1. The summed E-state index contributed by atoms with van der Waals surface area (Å²) in [4.78, 5) is 13.2. The first kappa shape index (κ1) is 15.5. The number of thiophene rings is 1. The quantitative estimate of drug-likeness (QED) is 0.768. The zero-order chi connectivity index (χ0) is 16.3. The van der Waals surface area contributed by atoms with E-state index in [9.17, 15) is 13.2 Å². The summed E-state index contributed by atoms with van der Waals surface area (Å²) in [5.74, 6) is 0.588. The second-order valence-electron chi connectivity index (χ2n) is 4.59. The zero-order valence-corrected chi connectivity index (χ0v) is 12.5. The van der Waals surface area contributed by atoms with Crippen LogP contribution in [-0.4, -0.2) is 27.7 Å². The number of nitrogens with one attached hydrogen (secondary N) is 1. The number of fused-ring (bicyclic) bond motifs is 1. The van der Waals surface area contributed by atoms with Crippen molar-refractivity contribution < 1.29 is 17.9 Å². The predicted molar refractivity (Wildman–Crippen MR) is 80.5 cm³/mol. The first-order valence-corrected chi connectivity index (χ1v) is 7.47. The molecule has 0 spiro atoms. The molecule has 5 nitrogen and oxygen atoms in total. The number of hydrogen-bond donors (Lipinski definition) is 1. The maximum absolute atomic E-state index is 12.2. The van der Waals surface area contributed by atoms with Crippen molar-refractivity contribution in [2.45, 2.75) is 12.7 Å². The molecule has 3 aromatic rings. The molecule has 1 N–H and O–H groups in total. The lowest BCUT2D eigenvalue weighted by Crippen LogP contribution is -2.19. The molecular formula is C14H11F3N4OS. The molecule has 9 heteroatoms. The van der Waals surface area contributed by atoms with Gasteiger partial charge in [0.1, 0.15) is 17.0 Å². The van der Waals surface area contributed by atoms with Gasteiger partial charge in [0.25, 0.3) is 0 Å². The first-order chi connectivity index (χ1) is 11.0. The Morgan fingerprint density at radius 1 is 1.17 bits per heavy atom. The van der Waals surface area contributed by atoms with Gasteiger partial charge in [-0.05, 0) is 17.5 Å². The van der Waals surface area contributed by atoms with Gasteiger partial charge in [-0.1, -0.05) is 6.07 Å². The summed E-state index contributed by atoms with van der Waals surface area (Å²) >= 11 is 1.50. The molecule has 23 heavy (non-hydrogen) atoms. The molecule has 3 rings (SSSR count). The number of aromatic nitrogens is 3. The second kappa shape index (κ2) is 6.37. The summed E-state index contributed by atoms with van der Waals surface area (Å²) in [5.41, 5.74) is 0.548. The molecule has 0 bridgehead atoms. The molecule has 0 aliphatic carbocycles. The van der Waals surface area contributed by atoms with Crippen molar-refractivity contribution in [1.82, 2.24) is 15.0 Å². The van der Waals surface area contributed by atoms with Crippen LogP contribution in [0.15, 0.2) is 36.0 Å². The van der Waals surface area contributed by atoms with E-state index in [-0.39, 0.29) is 5.88 Å². The monoisotopic (exact) mass is 340 g/mol. The van der Waals surface area contributed by atoms with Gasteiger partial charge in [-0.25, -0.2) is 15.0 Å². The third kappa shape index (κ3) is 4.07. The summed E-state index contributed by atoms with van der Waals surface area (Å²) < 4.78 is 41.1. The van der Waals surface area contributed by atoms with E-state index in [1.54, 1.807) is 12.1 Å². The van der Waals surface area contributed by atoms with Crippen LogP contribution < -0.4 is 10.1 Å². The number of alkyl halides is 3.